The Labute approximate surface area is 104 Å². The number of amides is 1. The Hall–Kier alpha value is -2.12. The largest absolute Gasteiger partial charge is 0.469 e. The summed E-state index contributed by atoms with van der Waals surface area (Å²) < 4.78 is 8.82. The van der Waals surface area contributed by atoms with Crippen LogP contribution in [0.2, 0.25) is 0 Å². The van der Waals surface area contributed by atoms with E-state index >= 15 is 0 Å². The third-order valence-electron chi connectivity index (χ3n) is 2.30. The molecule has 0 spiro atoms. The topological polar surface area (TPSA) is 120 Å². The lowest BCUT2D eigenvalue weighted by atomic mass is 10.2. The van der Waals surface area contributed by atoms with Gasteiger partial charge in [0, 0.05) is 13.0 Å². The van der Waals surface area contributed by atoms with Gasteiger partial charge in [0.1, 0.15) is 0 Å². The molecule has 0 fully saturated rings. The van der Waals surface area contributed by atoms with Gasteiger partial charge in [0.05, 0.1) is 7.11 Å². The van der Waals surface area contributed by atoms with Gasteiger partial charge in [0.2, 0.25) is 11.5 Å². The summed E-state index contributed by atoms with van der Waals surface area (Å²) in [5.74, 6) is -0.666. The second-order valence-corrected chi connectivity index (χ2v) is 3.64. The van der Waals surface area contributed by atoms with Gasteiger partial charge in [-0.3, -0.25) is 9.59 Å². The molecule has 0 aliphatic rings. The number of rotatable bonds is 7. The van der Waals surface area contributed by atoms with Crippen molar-refractivity contribution in [3.8, 4) is 0 Å². The van der Waals surface area contributed by atoms with Crippen molar-refractivity contribution in [3.63, 3.8) is 0 Å². The van der Waals surface area contributed by atoms with E-state index in [1.807, 2.05) is 0 Å². The first-order chi connectivity index (χ1) is 8.65. The SMILES string of the molecule is COC(=O)CCCCCNC(=O)c1nonc1N. The van der Waals surface area contributed by atoms with Gasteiger partial charge >= 0.3 is 5.97 Å². The quantitative estimate of drug-likeness (QED) is 0.524. The van der Waals surface area contributed by atoms with Gasteiger partial charge in [0.15, 0.2) is 0 Å². The van der Waals surface area contributed by atoms with Gasteiger partial charge < -0.3 is 15.8 Å². The minimum atomic E-state index is -0.415. The maximum atomic E-state index is 11.5. The molecule has 18 heavy (non-hydrogen) atoms. The van der Waals surface area contributed by atoms with E-state index in [4.69, 9.17) is 5.73 Å². The van der Waals surface area contributed by atoms with Gasteiger partial charge in [-0.1, -0.05) is 6.42 Å². The number of nitrogens with zero attached hydrogens (tertiary/aromatic N) is 2. The Balaban J connectivity index is 2.10. The lowest BCUT2D eigenvalue weighted by Crippen LogP contribution is -2.25. The molecule has 1 heterocycles. The molecular weight excluding hydrogens is 240 g/mol. The zero-order chi connectivity index (χ0) is 13.4. The molecule has 0 saturated heterocycles. The highest BCUT2D eigenvalue weighted by molar-refractivity contribution is 5.95. The highest BCUT2D eigenvalue weighted by Crippen LogP contribution is 2.04. The number of aromatic nitrogens is 2. The highest BCUT2D eigenvalue weighted by Gasteiger charge is 2.14. The molecule has 1 rings (SSSR count). The van der Waals surface area contributed by atoms with Crippen LogP contribution >= 0.6 is 0 Å². The summed E-state index contributed by atoms with van der Waals surface area (Å²) >= 11 is 0. The fraction of sp³-hybridized carbons (Fsp3) is 0.600. The van der Waals surface area contributed by atoms with Crippen molar-refractivity contribution in [2.24, 2.45) is 0 Å². The standard InChI is InChI=1S/C10H16N4O4/c1-17-7(15)5-3-2-4-6-12-10(16)8-9(11)14-18-13-8/h2-6H2,1H3,(H2,11,14)(H,12,16). The van der Waals surface area contributed by atoms with Gasteiger partial charge in [-0.15, -0.1) is 0 Å². The first kappa shape index (κ1) is 13.9. The smallest absolute Gasteiger partial charge is 0.305 e. The van der Waals surface area contributed by atoms with Gasteiger partial charge in [0.25, 0.3) is 5.91 Å². The molecule has 3 N–H and O–H groups in total. The number of nitrogens with one attached hydrogen (secondary N) is 1. The molecule has 1 aromatic rings. The van der Waals surface area contributed by atoms with E-state index in [0.29, 0.717) is 13.0 Å². The van der Waals surface area contributed by atoms with Crippen molar-refractivity contribution in [2.75, 3.05) is 19.4 Å². The second-order valence-electron chi connectivity index (χ2n) is 3.64. The molecule has 0 aliphatic carbocycles. The second kappa shape index (κ2) is 7.25. The number of nitrogens with two attached hydrogens (primary N) is 1. The average Bonchev–Trinajstić information content (AvgIpc) is 2.79. The van der Waals surface area contributed by atoms with Crippen molar-refractivity contribution in [1.29, 1.82) is 0 Å². The maximum absolute atomic E-state index is 11.5. The molecule has 0 radical (unpaired) electrons. The number of carbonyl (C=O) groups excluding carboxylic acids is 2. The Morgan fingerprint density at radius 2 is 2.11 bits per heavy atom. The van der Waals surface area contributed by atoms with Crippen LogP contribution in [0.5, 0.6) is 0 Å². The first-order valence-electron chi connectivity index (χ1n) is 5.58. The molecule has 0 aliphatic heterocycles. The Morgan fingerprint density at radius 1 is 1.33 bits per heavy atom. The lowest BCUT2D eigenvalue weighted by molar-refractivity contribution is -0.140. The van der Waals surface area contributed by atoms with Crippen LogP contribution in [0.1, 0.15) is 36.2 Å². The van der Waals surface area contributed by atoms with E-state index in [1.54, 1.807) is 0 Å². The van der Waals surface area contributed by atoms with Crippen molar-refractivity contribution >= 4 is 17.7 Å². The molecule has 8 nitrogen and oxygen atoms in total. The van der Waals surface area contributed by atoms with Crippen LogP contribution in [-0.2, 0) is 9.53 Å². The van der Waals surface area contributed by atoms with Crippen LogP contribution in [0.4, 0.5) is 5.82 Å². The van der Waals surface area contributed by atoms with E-state index in [2.05, 4.69) is 25.0 Å². The number of esters is 1. The Bertz CT molecular complexity index is 404. The summed E-state index contributed by atoms with van der Waals surface area (Å²) in [5, 5.41) is 9.31. The van der Waals surface area contributed by atoms with Crippen molar-refractivity contribution in [1.82, 2.24) is 15.6 Å². The number of methoxy groups -OCH3 is 1. The van der Waals surface area contributed by atoms with Gasteiger partial charge in [-0.05, 0) is 23.2 Å². The van der Waals surface area contributed by atoms with E-state index < -0.39 is 5.91 Å². The predicted octanol–water partition coefficient (Wildman–Crippen LogP) is 0.115. The number of hydrogen-bond acceptors (Lipinski definition) is 7. The number of anilines is 1. The van der Waals surface area contributed by atoms with Crippen LogP contribution in [-0.4, -0.2) is 35.8 Å². The molecule has 0 unspecified atom stereocenters. The highest BCUT2D eigenvalue weighted by atomic mass is 16.6. The van der Waals surface area contributed by atoms with E-state index in [9.17, 15) is 9.59 Å². The zero-order valence-corrected chi connectivity index (χ0v) is 10.1. The Morgan fingerprint density at radius 3 is 2.72 bits per heavy atom. The molecular formula is C10H16N4O4. The number of carbonyl (C=O) groups is 2. The molecule has 0 atom stereocenters. The normalized spacial score (nSPS) is 10.1. The molecule has 0 aromatic carbocycles. The van der Waals surface area contributed by atoms with Crippen molar-refractivity contribution < 1.29 is 19.0 Å². The third-order valence-corrected chi connectivity index (χ3v) is 2.30. The number of nitrogen functional groups attached to an aromatic ring is 1. The minimum absolute atomic E-state index is 0.00967. The Kier molecular flexibility index (Phi) is 5.62. The van der Waals surface area contributed by atoms with E-state index in [0.717, 1.165) is 19.3 Å². The first-order valence-corrected chi connectivity index (χ1v) is 5.58. The molecule has 100 valence electrons. The van der Waals surface area contributed by atoms with E-state index in [1.165, 1.54) is 7.11 Å². The fourth-order valence-corrected chi connectivity index (χ4v) is 1.31. The van der Waals surface area contributed by atoms with Crippen LogP contribution < -0.4 is 11.1 Å². The third kappa shape index (κ3) is 4.40. The number of ether oxygens (including phenoxy) is 1. The summed E-state index contributed by atoms with van der Waals surface area (Å²) in [6, 6.07) is 0. The predicted molar refractivity (Wildman–Crippen MR) is 61.5 cm³/mol. The van der Waals surface area contributed by atoms with Crippen molar-refractivity contribution in [2.45, 2.75) is 25.7 Å². The van der Waals surface area contributed by atoms with Crippen LogP contribution in [0.15, 0.2) is 4.63 Å². The summed E-state index contributed by atoms with van der Waals surface area (Å²) in [5.41, 5.74) is 5.35. The van der Waals surface area contributed by atoms with E-state index in [-0.39, 0.29) is 17.5 Å². The van der Waals surface area contributed by atoms with Crippen LogP contribution in [0.3, 0.4) is 0 Å². The maximum Gasteiger partial charge on any atom is 0.305 e. The average molecular weight is 256 g/mol. The van der Waals surface area contributed by atoms with Gasteiger partial charge in [-0.25, -0.2) is 4.63 Å². The number of hydrogen-bond donors (Lipinski definition) is 2. The lowest BCUT2D eigenvalue weighted by Gasteiger charge is -2.02. The van der Waals surface area contributed by atoms with Gasteiger partial charge in [-0.2, -0.15) is 0 Å². The summed E-state index contributed by atoms with van der Waals surface area (Å²) in [6.45, 7) is 0.478. The molecule has 1 amide bonds. The molecule has 8 heteroatoms. The van der Waals surface area contributed by atoms with Crippen molar-refractivity contribution in [3.05, 3.63) is 5.69 Å². The molecule has 1 aromatic heterocycles. The van der Waals surface area contributed by atoms with Crippen LogP contribution in [0, 0.1) is 0 Å². The number of unbranched alkanes of at least 4 members (excludes halogenated alkanes) is 2. The fourth-order valence-electron chi connectivity index (χ4n) is 1.31. The zero-order valence-electron chi connectivity index (χ0n) is 10.1. The molecule has 0 saturated carbocycles. The summed E-state index contributed by atoms with van der Waals surface area (Å²) in [6.07, 6.45) is 2.71. The summed E-state index contributed by atoms with van der Waals surface area (Å²) in [7, 11) is 1.36. The monoisotopic (exact) mass is 256 g/mol. The minimum Gasteiger partial charge on any atom is -0.469 e. The molecule has 0 bridgehead atoms. The summed E-state index contributed by atoms with van der Waals surface area (Å²) in [4.78, 5) is 22.3. The van der Waals surface area contributed by atoms with Crippen LogP contribution in [0.25, 0.3) is 0 Å².